The van der Waals surface area contributed by atoms with E-state index in [2.05, 4.69) is 43.1 Å². The average molecular weight is 200 g/mol. The summed E-state index contributed by atoms with van der Waals surface area (Å²) in [5, 5.41) is 9.11. The van der Waals surface area contributed by atoms with E-state index in [1.54, 1.807) is 6.20 Å². The van der Waals surface area contributed by atoms with Crippen molar-refractivity contribution in [3.8, 4) is 0 Å². The van der Waals surface area contributed by atoms with Crippen molar-refractivity contribution in [2.75, 3.05) is 0 Å². The maximum absolute atomic E-state index is 4.07. The van der Waals surface area contributed by atoms with Gasteiger partial charge in [-0.05, 0) is 35.6 Å². The third-order valence-electron chi connectivity index (χ3n) is 2.31. The second-order valence-corrected chi connectivity index (χ2v) is 5.16. The van der Waals surface area contributed by atoms with Crippen LogP contribution in [0.15, 0.2) is 30.5 Å². The number of hydrogen-bond donors (Lipinski definition) is 0. The van der Waals surface area contributed by atoms with E-state index in [9.17, 15) is 0 Å². The van der Waals surface area contributed by atoms with Gasteiger partial charge in [-0.1, -0.05) is 26.8 Å². The summed E-state index contributed by atoms with van der Waals surface area (Å²) in [6.07, 6.45) is 2.83. The van der Waals surface area contributed by atoms with Gasteiger partial charge in [-0.25, -0.2) is 0 Å². The zero-order chi connectivity index (χ0) is 10.9. The standard InChI is InChI=1S/C13H16N2/c1-13(2,3)9-10-4-5-12-11(8-10)6-7-14-15-12/h4-8H,9H2,1-3H3. The fourth-order valence-electron chi connectivity index (χ4n) is 1.76. The molecule has 0 unspecified atom stereocenters. The van der Waals surface area contributed by atoms with E-state index in [1.807, 2.05) is 12.1 Å². The number of fused-ring (bicyclic) bond motifs is 1. The number of nitrogens with zero attached hydrogens (tertiary/aromatic N) is 2. The fourth-order valence-corrected chi connectivity index (χ4v) is 1.76. The predicted octanol–water partition coefficient (Wildman–Crippen LogP) is 3.22. The van der Waals surface area contributed by atoms with Gasteiger partial charge in [0, 0.05) is 5.39 Å². The van der Waals surface area contributed by atoms with Crippen molar-refractivity contribution in [1.29, 1.82) is 0 Å². The van der Waals surface area contributed by atoms with E-state index in [4.69, 9.17) is 0 Å². The minimum absolute atomic E-state index is 0.328. The molecule has 1 aromatic heterocycles. The van der Waals surface area contributed by atoms with Crippen molar-refractivity contribution in [1.82, 2.24) is 10.2 Å². The number of benzene rings is 1. The van der Waals surface area contributed by atoms with Gasteiger partial charge in [0.2, 0.25) is 0 Å². The molecule has 1 heterocycles. The third kappa shape index (κ3) is 2.52. The fraction of sp³-hybridized carbons (Fsp3) is 0.385. The van der Waals surface area contributed by atoms with Crippen LogP contribution in [0.1, 0.15) is 26.3 Å². The van der Waals surface area contributed by atoms with E-state index < -0.39 is 0 Å². The minimum atomic E-state index is 0.328. The Morgan fingerprint density at radius 2 is 1.93 bits per heavy atom. The van der Waals surface area contributed by atoms with Gasteiger partial charge in [-0.3, -0.25) is 0 Å². The maximum atomic E-state index is 4.07. The lowest BCUT2D eigenvalue weighted by Crippen LogP contribution is -2.08. The molecule has 0 bridgehead atoms. The van der Waals surface area contributed by atoms with E-state index in [1.165, 1.54) is 10.9 Å². The quantitative estimate of drug-likeness (QED) is 0.706. The smallest absolute Gasteiger partial charge is 0.0929 e. The van der Waals surface area contributed by atoms with Gasteiger partial charge in [0.05, 0.1) is 11.7 Å². The van der Waals surface area contributed by atoms with Crippen LogP contribution < -0.4 is 0 Å². The Morgan fingerprint density at radius 3 is 2.67 bits per heavy atom. The van der Waals surface area contributed by atoms with Crippen LogP contribution in [0.4, 0.5) is 0 Å². The molecule has 0 aliphatic rings. The Morgan fingerprint density at radius 1 is 1.13 bits per heavy atom. The second kappa shape index (κ2) is 3.61. The van der Waals surface area contributed by atoms with E-state index in [0.717, 1.165) is 11.9 Å². The first-order valence-corrected chi connectivity index (χ1v) is 5.25. The number of hydrogen-bond acceptors (Lipinski definition) is 2. The molecule has 0 N–H and O–H groups in total. The van der Waals surface area contributed by atoms with E-state index in [-0.39, 0.29) is 0 Å². The Kier molecular flexibility index (Phi) is 2.43. The molecule has 2 nitrogen and oxygen atoms in total. The van der Waals surface area contributed by atoms with Crippen LogP contribution in [0.2, 0.25) is 0 Å². The van der Waals surface area contributed by atoms with Crippen LogP contribution in [0, 0.1) is 5.41 Å². The Hall–Kier alpha value is -1.44. The summed E-state index contributed by atoms with van der Waals surface area (Å²) in [7, 11) is 0. The van der Waals surface area contributed by atoms with Crippen molar-refractivity contribution in [2.45, 2.75) is 27.2 Å². The zero-order valence-corrected chi connectivity index (χ0v) is 9.49. The summed E-state index contributed by atoms with van der Waals surface area (Å²) in [6.45, 7) is 6.76. The molecule has 15 heavy (non-hydrogen) atoms. The molecule has 1 aromatic carbocycles. The predicted molar refractivity (Wildman–Crippen MR) is 62.7 cm³/mol. The SMILES string of the molecule is CC(C)(C)Cc1ccc2nnccc2c1. The van der Waals surface area contributed by atoms with Crippen LogP contribution in [0.5, 0.6) is 0 Å². The van der Waals surface area contributed by atoms with Crippen LogP contribution >= 0.6 is 0 Å². The second-order valence-electron chi connectivity index (χ2n) is 5.16. The molecule has 0 radical (unpaired) electrons. The molecule has 0 amide bonds. The summed E-state index contributed by atoms with van der Waals surface area (Å²) < 4.78 is 0. The first-order valence-electron chi connectivity index (χ1n) is 5.25. The third-order valence-corrected chi connectivity index (χ3v) is 2.31. The van der Waals surface area contributed by atoms with Crippen molar-refractivity contribution in [3.05, 3.63) is 36.0 Å². The zero-order valence-electron chi connectivity index (χ0n) is 9.49. The van der Waals surface area contributed by atoms with Gasteiger partial charge in [0.15, 0.2) is 0 Å². The van der Waals surface area contributed by atoms with Crippen LogP contribution in [-0.2, 0) is 6.42 Å². The van der Waals surface area contributed by atoms with Crippen molar-refractivity contribution in [2.24, 2.45) is 5.41 Å². The Labute approximate surface area is 90.3 Å². The maximum Gasteiger partial charge on any atom is 0.0929 e. The summed E-state index contributed by atoms with van der Waals surface area (Å²) in [5.41, 5.74) is 2.66. The van der Waals surface area contributed by atoms with Gasteiger partial charge < -0.3 is 0 Å². The van der Waals surface area contributed by atoms with E-state index >= 15 is 0 Å². The molecule has 0 saturated carbocycles. The van der Waals surface area contributed by atoms with Crippen LogP contribution in [0.25, 0.3) is 10.9 Å². The highest BCUT2D eigenvalue weighted by molar-refractivity contribution is 5.78. The topological polar surface area (TPSA) is 25.8 Å². The molecule has 2 aromatic rings. The van der Waals surface area contributed by atoms with Gasteiger partial charge in [0.1, 0.15) is 0 Å². The van der Waals surface area contributed by atoms with Gasteiger partial charge in [-0.2, -0.15) is 10.2 Å². The number of rotatable bonds is 1. The summed E-state index contributed by atoms with van der Waals surface area (Å²) in [4.78, 5) is 0. The Bertz CT molecular complexity index is 469. The normalized spacial score (nSPS) is 11.9. The molecule has 0 aliphatic carbocycles. The highest BCUT2D eigenvalue weighted by Crippen LogP contribution is 2.22. The van der Waals surface area contributed by atoms with Crippen LogP contribution in [-0.4, -0.2) is 10.2 Å². The molecule has 0 fully saturated rings. The number of aromatic nitrogens is 2. The lowest BCUT2D eigenvalue weighted by atomic mass is 9.88. The van der Waals surface area contributed by atoms with E-state index in [0.29, 0.717) is 5.41 Å². The molecule has 0 saturated heterocycles. The van der Waals surface area contributed by atoms with Gasteiger partial charge in [-0.15, -0.1) is 0 Å². The summed E-state index contributed by atoms with van der Waals surface area (Å²) in [5.74, 6) is 0. The first-order chi connectivity index (χ1) is 7.04. The monoisotopic (exact) mass is 200 g/mol. The molecule has 0 spiro atoms. The molecule has 78 valence electrons. The lowest BCUT2D eigenvalue weighted by Gasteiger charge is -2.18. The van der Waals surface area contributed by atoms with Crippen molar-refractivity contribution >= 4 is 10.9 Å². The van der Waals surface area contributed by atoms with Gasteiger partial charge >= 0.3 is 0 Å². The Balaban J connectivity index is 2.39. The minimum Gasteiger partial charge on any atom is -0.159 e. The highest BCUT2D eigenvalue weighted by Gasteiger charge is 2.11. The lowest BCUT2D eigenvalue weighted by molar-refractivity contribution is 0.411. The average Bonchev–Trinajstić information content (AvgIpc) is 2.15. The van der Waals surface area contributed by atoms with Crippen LogP contribution in [0.3, 0.4) is 0 Å². The van der Waals surface area contributed by atoms with Gasteiger partial charge in [0.25, 0.3) is 0 Å². The molecular formula is C13H16N2. The highest BCUT2D eigenvalue weighted by atomic mass is 15.1. The molecule has 0 aliphatic heterocycles. The molecule has 2 heteroatoms. The summed E-state index contributed by atoms with van der Waals surface area (Å²) >= 11 is 0. The molecular weight excluding hydrogens is 184 g/mol. The molecule has 2 rings (SSSR count). The molecule has 0 atom stereocenters. The first kappa shape index (κ1) is 10.1. The summed E-state index contributed by atoms with van der Waals surface area (Å²) in [6, 6.07) is 8.40. The van der Waals surface area contributed by atoms with Crippen molar-refractivity contribution in [3.63, 3.8) is 0 Å². The van der Waals surface area contributed by atoms with Crippen molar-refractivity contribution < 1.29 is 0 Å². The largest absolute Gasteiger partial charge is 0.159 e.